The molecule has 0 aliphatic carbocycles. The molecule has 0 aromatic carbocycles. The van der Waals surface area contributed by atoms with E-state index in [4.69, 9.17) is 0 Å². The van der Waals surface area contributed by atoms with Gasteiger partial charge in [0.15, 0.2) is 5.78 Å². The number of Topliss-reactive ketones (excluding diaryl/α,β-unsaturated/α-hetero) is 1. The Bertz CT molecular complexity index is 540. The molecule has 84 valence electrons. The van der Waals surface area contributed by atoms with Crippen molar-refractivity contribution in [2.45, 2.75) is 33.6 Å². The number of rotatable bonds is 3. The van der Waals surface area contributed by atoms with Gasteiger partial charge in [-0.3, -0.25) is 4.79 Å². The van der Waals surface area contributed by atoms with E-state index < -0.39 is 0 Å². The molecular formula is C13H16N2O. The molecule has 0 aliphatic rings. The summed E-state index contributed by atoms with van der Waals surface area (Å²) in [5, 5.41) is 4.47. The number of nitrogens with zero attached hydrogens (tertiary/aromatic N) is 2. The van der Waals surface area contributed by atoms with Gasteiger partial charge in [-0.05, 0) is 31.5 Å². The average molecular weight is 216 g/mol. The van der Waals surface area contributed by atoms with Crippen LogP contribution in [0.2, 0.25) is 0 Å². The topological polar surface area (TPSA) is 34.4 Å². The van der Waals surface area contributed by atoms with Gasteiger partial charge in [0.25, 0.3) is 0 Å². The summed E-state index contributed by atoms with van der Waals surface area (Å²) in [7, 11) is 0. The zero-order valence-electron chi connectivity index (χ0n) is 9.95. The molecule has 0 aliphatic heterocycles. The fraction of sp³-hybridized carbons (Fsp3) is 0.385. The fourth-order valence-corrected chi connectivity index (χ4v) is 1.85. The highest BCUT2D eigenvalue weighted by Crippen LogP contribution is 2.17. The van der Waals surface area contributed by atoms with Crippen molar-refractivity contribution in [3.8, 4) is 0 Å². The van der Waals surface area contributed by atoms with Crippen LogP contribution >= 0.6 is 0 Å². The minimum atomic E-state index is 0.174. The van der Waals surface area contributed by atoms with Crippen LogP contribution in [0.5, 0.6) is 0 Å². The Balaban J connectivity index is 2.72. The van der Waals surface area contributed by atoms with Gasteiger partial charge >= 0.3 is 0 Å². The third kappa shape index (κ3) is 1.62. The van der Waals surface area contributed by atoms with E-state index in [2.05, 4.69) is 12.0 Å². The number of aryl methyl sites for hydroxylation is 2. The Hall–Kier alpha value is -1.64. The Morgan fingerprint density at radius 3 is 2.75 bits per heavy atom. The summed E-state index contributed by atoms with van der Waals surface area (Å²) < 4.78 is 1.86. The molecule has 0 atom stereocenters. The van der Waals surface area contributed by atoms with Crippen LogP contribution in [0.25, 0.3) is 5.52 Å². The third-order valence-electron chi connectivity index (χ3n) is 2.84. The lowest BCUT2D eigenvalue weighted by Gasteiger charge is -2.03. The zero-order valence-corrected chi connectivity index (χ0v) is 9.95. The SMILES string of the molecule is CCC(=O)c1ccc(C)n2nc(CC)cc12. The van der Waals surface area contributed by atoms with Crippen molar-refractivity contribution in [2.75, 3.05) is 0 Å². The minimum absolute atomic E-state index is 0.174. The lowest BCUT2D eigenvalue weighted by Crippen LogP contribution is -2.02. The quantitative estimate of drug-likeness (QED) is 0.739. The largest absolute Gasteiger partial charge is 0.294 e. The number of ketones is 1. The molecule has 3 heteroatoms. The molecule has 2 aromatic rings. The second-order valence-electron chi connectivity index (χ2n) is 3.95. The molecule has 2 aromatic heterocycles. The third-order valence-corrected chi connectivity index (χ3v) is 2.84. The maximum atomic E-state index is 11.8. The van der Waals surface area contributed by atoms with E-state index in [0.29, 0.717) is 6.42 Å². The lowest BCUT2D eigenvalue weighted by atomic mass is 10.1. The molecule has 0 fully saturated rings. The maximum absolute atomic E-state index is 11.8. The molecule has 0 amide bonds. The van der Waals surface area contributed by atoms with Crippen LogP contribution in [0.15, 0.2) is 18.2 Å². The summed E-state index contributed by atoms with van der Waals surface area (Å²) in [5.41, 5.74) is 3.80. The minimum Gasteiger partial charge on any atom is -0.294 e. The van der Waals surface area contributed by atoms with E-state index in [1.807, 2.05) is 36.6 Å². The van der Waals surface area contributed by atoms with Crippen LogP contribution in [0.4, 0.5) is 0 Å². The molecule has 0 unspecified atom stereocenters. The van der Waals surface area contributed by atoms with E-state index in [0.717, 1.165) is 28.9 Å². The highest BCUT2D eigenvalue weighted by atomic mass is 16.1. The Labute approximate surface area is 95.1 Å². The van der Waals surface area contributed by atoms with Crippen molar-refractivity contribution in [3.63, 3.8) is 0 Å². The van der Waals surface area contributed by atoms with Gasteiger partial charge < -0.3 is 0 Å². The van der Waals surface area contributed by atoms with E-state index in [9.17, 15) is 4.79 Å². The van der Waals surface area contributed by atoms with Crippen LogP contribution in [0.1, 0.15) is 42.0 Å². The average Bonchev–Trinajstić information content (AvgIpc) is 2.73. The molecule has 0 saturated heterocycles. The molecule has 0 radical (unpaired) electrons. The summed E-state index contributed by atoms with van der Waals surface area (Å²) >= 11 is 0. The maximum Gasteiger partial charge on any atom is 0.164 e. The summed E-state index contributed by atoms with van der Waals surface area (Å²) in [4.78, 5) is 11.8. The van der Waals surface area contributed by atoms with Crippen molar-refractivity contribution in [3.05, 3.63) is 35.2 Å². The molecule has 3 nitrogen and oxygen atoms in total. The van der Waals surface area contributed by atoms with Gasteiger partial charge in [0.1, 0.15) is 0 Å². The second-order valence-corrected chi connectivity index (χ2v) is 3.95. The number of hydrogen-bond donors (Lipinski definition) is 0. The Morgan fingerprint density at radius 1 is 1.38 bits per heavy atom. The van der Waals surface area contributed by atoms with E-state index in [1.165, 1.54) is 0 Å². The summed E-state index contributed by atoms with van der Waals surface area (Å²) in [6.07, 6.45) is 1.42. The van der Waals surface area contributed by atoms with Gasteiger partial charge in [0, 0.05) is 17.7 Å². The highest BCUT2D eigenvalue weighted by Gasteiger charge is 2.11. The van der Waals surface area contributed by atoms with Gasteiger partial charge in [0.2, 0.25) is 0 Å². The van der Waals surface area contributed by atoms with Crippen molar-refractivity contribution in [1.29, 1.82) is 0 Å². The number of aromatic nitrogens is 2. The number of carbonyl (C=O) groups is 1. The van der Waals surface area contributed by atoms with Crippen LogP contribution in [0.3, 0.4) is 0 Å². The molecule has 0 N–H and O–H groups in total. The van der Waals surface area contributed by atoms with Crippen molar-refractivity contribution >= 4 is 11.3 Å². The van der Waals surface area contributed by atoms with Crippen LogP contribution in [-0.2, 0) is 6.42 Å². The van der Waals surface area contributed by atoms with Gasteiger partial charge in [-0.1, -0.05) is 13.8 Å². The highest BCUT2D eigenvalue weighted by molar-refractivity contribution is 6.02. The smallest absolute Gasteiger partial charge is 0.164 e. The van der Waals surface area contributed by atoms with Crippen LogP contribution < -0.4 is 0 Å². The van der Waals surface area contributed by atoms with Crippen molar-refractivity contribution in [2.24, 2.45) is 0 Å². The summed E-state index contributed by atoms with van der Waals surface area (Å²) in [5.74, 6) is 0.174. The standard InChI is InChI=1S/C13H16N2O/c1-4-10-8-12-11(13(16)5-2)7-6-9(3)15(12)14-10/h6-8H,4-5H2,1-3H3. The van der Waals surface area contributed by atoms with E-state index in [1.54, 1.807) is 0 Å². The normalized spacial score (nSPS) is 10.9. The molecule has 0 saturated carbocycles. The van der Waals surface area contributed by atoms with Crippen molar-refractivity contribution < 1.29 is 4.79 Å². The predicted octanol–water partition coefficient (Wildman–Crippen LogP) is 2.80. The first-order valence-corrected chi connectivity index (χ1v) is 5.68. The number of pyridine rings is 1. The van der Waals surface area contributed by atoms with E-state index >= 15 is 0 Å². The number of carbonyl (C=O) groups excluding carboxylic acids is 1. The first-order chi connectivity index (χ1) is 7.67. The fourth-order valence-electron chi connectivity index (χ4n) is 1.85. The molecule has 16 heavy (non-hydrogen) atoms. The zero-order chi connectivity index (χ0) is 11.7. The molecule has 0 spiro atoms. The number of fused-ring (bicyclic) bond motifs is 1. The van der Waals surface area contributed by atoms with E-state index in [-0.39, 0.29) is 5.78 Å². The first kappa shape index (κ1) is 10.9. The predicted molar refractivity (Wildman–Crippen MR) is 63.9 cm³/mol. The van der Waals surface area contributed by atoms with Crippen molar-refractivity contribution in [1.82, 2.24) is 9.61 Å². The Kier molecular flexibility index (Phi) is 2.77. The van der Waals surface area contributed by atoms with Gasteiger partial charge in [-0.15, -0.1) is 0 Å². The van der Waals surface area contributed by atoms with Crippen LogP contribution in [0, 0.1) is 6.92 Å². The molecule has 2 heterocycles. The van der Waals surface area contributed by atoms with Gasteiger partial charge in [-0.25, -0.2) is 4.52 Å². The van der Waals surface area contributed by atoms with Gasteiger partial charge in [-0.2, -0.15) is 5.10 Å². The van der Waals surface area contributed by atoms with Gasteiger partial charge in [0.05, 0.1) is 11.2 Å². The second kappa shape index (κ2) is 4.08. The lowest BCUT2D eigenvalue weighted by molar-refractivity contribution is 0.0989. The number of hydrogen-bond acceptors (Lipinski definition) is 2. The summed E-state index contributed by atoms with van der Waals surface area (Å²) in [6, 6.07) is 5.86. The van der Waals surface area contributed by atoms with Crippen LogP contribution in [-0.4, -0.2) is 15.4 Å². The first-order valence-electron chi connectivity index (χ1n) is 5.68. The Morgan fingerprint density at radius 2 is 2.12 bits per heavy atom. The molecule has 2 rings (SSSR count). The molecular weight excluding hydrogens is 200 g/mol. The summed E-state index contributed by atoms with van der Waals surface area (Å²) in [6.45, 7) is 5.95. The molecule has 0 bridgehead atoms. The monoisotopic (exact) mass is 216 g/mol.